The molecule has 0 aliphatic carbocycles. The number of nitrogens with one attached hydrogen (secondary N) is 2. The quantitative estimate of drug-likeness (QED) is 0.727. The summed E-state index contributed by atoms with van der Waals surface area (Å²) in [7, 11) is 0. The van der Waals surface area contributed by atoms with Gasteiger partial charge in [-0.25, -0.2) is 19.3 Å². The van der Waals surface area contributed by atoms with E-state index in [2.05, 4.69) is 39.2 Å². The summed E-state index contributed by atoms with van der Waals surface area (Å²) in [6, 6.07) is 1.83. The van der Waals surface area contributed by atoms with Crippen LogP contribution < -0.4 is 15.9 Å². The van der Waals surface area contributed by atoms with Crippen molar-refractivity contribution in [3.63, 3.8) is 0 Å². The van der Waals surface area contributed by atoms with Crippen LogP contribution in [0.2, 0.25) is 0 Å². The van der Waals surface area contributed by atoms with E-state index in [1.807, 2.05) is 13.0 Å². The van der Waals surface area contributed by atoms with Crippen LogP contribution in [0.5, 0.6) is 0 Å². The minimum absolute atomic E-state index is 0.248. The van der Waals surface area contributed by atoms with Crippen LogP contribution in [-0.4, -0.2) is 45.8 Å². The van der Waals surface area contributed by atoms with Gasteiger partial charge in [-0.15, -0.1) is 0 Å². The van der Waals surface area contributed by atoms with E-state index in [1.54, 1.807) is 0 Å². The Morgan fingerprint density at radius 1 is 1.47 bits per heavy atom. The fourth-order valence-electron chi connectivity index (χ4n) is 2.07. The van der Waals surface area contributed by atoms with E-state index < -0.39 is 0 Å². The molecule has 0 radical (unpaired) electrons. The first-order valence-corrected chi connectivity index (χ1v) is 6.57. The number of anilines is 1. The molecule has 0 amide bonds. The summed E-state index contributed by atoms with van der Waals surface area (Å²) >= 11 is 0. The predicted octanol–water partition coefficient (Wildman–Crippen LogP) is 0.162. The highest BCUT2D eigenvalue weighted by Crippen LogP contribution is 2.12. The number of aromatic amines is 1. The average molecular weight is 264 g/mol. The zero-order chi connectivity index (χ0) is 13.8. The Labute approximate surface area is 111 Å². The van der Waals surface area contributed by atoms with Crippen molar-refractivity contribution in [2.45, 2.75) is 20.8 Å². The minimum Gasteiger partial charge on any atom is -0.355 e. The lowest BCUT2D eigenvalue weighted by Gasteiger charge is -2.22. The third kappa shape index (κ3) is 2.76. The number of likely N-dealkylation sites (N-methyl/N-ethyl adjacent to an activating group) is 2. The Morgan fingerprint density at radius 2 is 2.26 bits per heavy atom. The van der Waals surface area contributed by atoms with Crippen LogP contribution in [0.3, 0.4) is 0 Å². The Morgan fingerprint density at radius 3 is 2.95 bits per heavy atom. The summed E-state index contributed by atoms with van der Waals surface area (Å²) in [5, 5.41) is 9.73. The topological polar surface area (TPSA) is 78.3 Å². The van der Waals surface area contributed by atoms with E-state index in [0.29, 0.717) is 11.5 Å². The van der Waals surface area contributed by atoms with E-state index >= 15 is 0 Å². The number of aromatic nitrogens is 4. The molecule has 0 aromatic carbocycles. The van der Waals surface area contributed by atoms with Crippen molar-refractivity contribution in [2.75, 3.05) is 31.1 Å². The monoisotopic (exact) mass is 264 g/mol. The van der Waals surface area contributed by atoms with Gasteiger partial charge in [-0.1, -0.05) is 6.92 Å². The molecule has 2 aromatic rings. The van der Waals surface area contributed by atoms with Gasteiger partial charge in [-0.3, -0.25) is 0 Å². The van der Waals surface area contributed by atoms with Gasteiger partial charge in [0.05, 0.1) is 0 Å². The molecule has 7 heteroatoms. The van der Waals surface area contributed by atoms with Gasteiger partial charge in [0.2, 0.25) is 0 Å². The van der Waals surface area contributed by atoms with Crippen LogP contribution in [0.1, 0.15) is 19.7 Å². The molecule has 0 fully saturated rings. The molecule has 0 aliphatic heterocycles. The summed E-state index contributed by atoms with van der Waals surface area (Å²) in [5.74, 6) is 1.50. The molecular formula is C12H20N6O. The lowest BCUT2D eigenvalue weighted by molar-refractivity contribution is 0.682. The molecule has 104 valence electrons. The maximum atomic E-state index is 11.5. The molecule has 0 atom stereocenters. The maximum Gasteiger partial charge on any atom is 0.349 e. The van der Waals surface area contributed by atoms with Crippen molar-refractivity contribution in [3.05, 3.63) is 22.4 Å². The average Bonchev–Trinajstić information content (AvgIpc) is 2.77. The lowest BCUT2D eigenvalue weighted by atomic mass is 10.4. The highest BCUT2D eigenvalue weighted by molar-refractivity contribution is 5.51. The van der Waals surface area contributed by atoms with Crippen molar-refractivity contribution < 1.29 is 0 Å². The first-order valence-electron chi connectivity index (χ1n) is 6.57. The molecule has 0 unspecified atom stereocenters. The van der Waals surface area contributed by atoms with Crippen LogP contribution in [-0.2, 0) is 0 Å². The predicted molar refractivity (Wildman–Crippen MR) is 74.8 cm³/mol. The number of fused-ring (bicyclic) bond motifs is 1. The first kappa shape index (κ1) is 13.5. The zero-order valence-corrected chi connectivity index (χ0v) is 11.6. The second-order valence-corrected chi connectivity index (χ2v) is 4.32. The van der Waals surface area contributed by atoms with Gasteiger partial charge in [0.25, 0.3) is 0 Å². The largest absolute Gasteiger partial charge is 0.355 e. The summed E-state index contributed by atoms with van der Waals surface area (Å²) < 4.78 is 1.47. The van der Waals surface area contributed by atoms with Gasteiger partial charge < -0.3 is 10.2 Å². The molecule has 2 N–H and O–H groups in total. The summed E-state index contributed by atoms with van der Waals surface area (Å²) in [4.78, 5) is 18.2. The molecule has 0 saturated carbocycles. The Hall–Kier alpha value is -1.89. The molecule has 2 aromatic heterocycles. The van der Waals surface area contributed by atoms with Gasteiger partial charge in [0, 0.05) is 25.7 Å². The summed E-state index contributed by atoms with van der Waals surface area (Å²) in [6.45, 7) is 9.59. The Balaban J connectivity index is 2.30. The number of rotatable bonds is 6. The maximum absolute atomic E-state index is 11.5. The van der Waals surface area contributed by atoms with E-state index in [1.165, 1.54) is 4.40 Å². The normalized spacial score (nSPS) is 11.1. The lowest BCUT2D eigenvalue weighted by Crippen LogP contribution is -2.33. The van der Waals surface area contributed by atoms with Crippen LogP contribution in [0.15, 0.2) is 10.9 Å². The minimum atomic E-state index is -0.248. The van der Waals surface area contributed by atoms with Crippen molar-refractivity contribution in [1.29, 1.82) is 0 Å². The molecule has 2 rings (SSSR count). The number of H-pyrrole nitrogens is 1. The standard InChI is InChI=1S/C12H20N6O/c1-4-13-6-7-17(5-2)10-8-11-15-16-12(19)18(11)9(3)14-10/h8,13H,4-7H2,1-3H3,(H,16,19). The molecule has 0 saturated heterocycles. The molecule has 7 nitrogen and oxygen atoms in total. The van der Waals surface area contributed by atoms with Gasteiger partial charge in [-0.2, -0.15) is 5.10 Å². The molecule has 0 aliphatic rings. The van der Waals surface area contributed by atoms with Crippen molar-refractivity contribution in [2.24, 2.45) is 0 Å². The smallest absolute Gasteiger partial charge is 0.349 e. The fraction of sp³-hybridized carbons (Fsp3) is 0.583. The third-order valence-electron chi connectivity index (χ3n) is 3.07. The van der Waals surface area contributed by atoms with E-state index in [4.69, 9.17) is 0 Å². The SMILES string of the molecule is CCNCCN(CC)c1cc2n[nH]c(=O)n2c(C)n1. The van der Waals surface area contributed by atoms with E-state index in [-0.39, 0.29) is 5.69 Å². The van der Waals surface area contributed by atoms with Crippen molar-refractivity contribution in [1.82, 2.24) is 24.9 Å². The van der Waals surface area contributed by atoms with Crippen LogP contribution in [0.25, 0.3) is 5.65 Å². The summed E-state index contributed by atoms with van der Waals surface area (Å²) in [6.07, 6.45) is 0. The molecule has 2 heterocycles. The highest BCUT2D eigenvalue weighted by atomic mass is 16.1. The van der Waals surface area contributed by atoms with Gasteiger partial charge >= 0.3 is 5.69 Å². The molecule has 19 heavy (non-hydrogen) atoms. The molecule has 0 spiro atoms. The fourth-order valence-corrected chi connectivity index (χ4v) is 2.07. The number of hydrogen-bond acceptors (Lipinski definition) is 5. The summed E-state index contributed by atoms with van der Waals surface area (Å²) in [5.41, 5.74) is 0.358. The first-order chi connectivity index (χ1) is 9.17. The van der Waals surface area contributed by atoms with Crippen LogP contribution in [0.4, 0.5) is 5.82 Å². The van der Waals surface area contributed by atoms with Crippen molar-refractivity contribution in [3.8, 4) is 0 Å². The highest BCUT2D eigenvalue weighted by Gasteiger charge is 2.11. The van der Waals surface area contributed by atoms with Crippen LogP contribution >= 0.6 is 0 Å². The third-order valence-corrected chi connectivity index (χ3v) is 3.07. The molecular weight excluding hydrogens is 244 g/mol. The Kier molecular flexibility index (Phi) is 4.16. The second-order valence-electron chi connectivity index (χ2n) is 4.32. The van der Waals surface area contributed by atoms with Crippen LogP contribution in [0, 0.1) is 6.92 Å². The van der Waals surface area contributed by atoms with Gasteiger partial charge in [0.1, 0.15) is 11.6 Å². The number of hydrogen-bond donors (Lipinski definition) is 2. The zero-order valence-electron chi connectivity index (χ0n) is 11.6. The molecule has 0 bridgehead atoms. The van der Waals surface area contributed by atoms with Crippen molar-refractivity contribution >= 4 is 11.5 Å². The number of nitrogens with zero attached hydrogens (tertiary/aromatic N) is 4. The van der Waals surface area contributed by atoms with E-state index in [0.717, 1.165) is 32.0 Å². The second kappa shape index (κ2) is 5.83. The number of aryl methyl sites for hydroxylation is 1. The van der Waals surface area contributed by atoms with Gasteiger partial charge in [0.15, 0.2) is 5.65 Å². The Bertz CT molecular complexity index is 602. The van der Waals surface area contributed by atoms with E-state index in [9.17, 15) is 4.79 Å². The van der Waals surface area contributed by atoms with Gasteiger partial charge in [-0.05, 0) is 20.4 Å².